The lowest BCUT2D eigenvalue weighted by Crippen LogP contribution is -2.35. The summed E-state index contributed by atoms with van der Waals surface area (Å²) >= 11 is 6.38. The Kier molecular flexibility index (Phi) is 5.38. The number of aryl methyl sites for hydroxylation is 1. The minimum Gasteiger partial charge on any atom is -0.347 e. The number of imidazole rings is 1. The van der Waals surface area contributed by atoms with Crippen molar-refractivity contribution in [1.29, 1.82) is 0 Å². The van der Waals surface area contributed by atoms with Gasteiger partial charge in [0, 0.05) is 41.0 Å². The fraction of sp³-hybridized carbons (Fsp3) is 0.207. The van der Waals surface area contributed by atoms with Crippen molar-refractivity contribution in [3.05, 3.63) is 107 Å². The van der Waals surface area contributed by atoms with Crippen LogP contribution in [0.15, 0.2) is 90.6 Å². The molecule has 0 fully saturated rings. The number of anilines is 1. The molecule has 0 unspecified atom stereocenters. The van der Waals surface area contributed by atoms with E-state index in [1.54, 1.807) is 0 Å². The van der Waals surface area contributed by atoms with E-state index in [1.165, 1.54) is 16.9 Å². The lowest BCUT2D eigenvalue weighted by atomic mass is 9.84. The van der Waals surface area contributed by atoms with E-state index in [-0.39, 0.29) is 5.41 Å². The average molecular weight is 455 g/mol. The van der Waals surface area contributed by atoms with Crippen molar-refractivity contribution in [2.75, 3.05) is 11.9 Å². The van der Waals surface area contributed by atoms with Crippen LogP contribution in [-0.4, -0.2) is 11.6 Å². The van der Waals surface area contributed by atoms with Crippen molar-refractivity contribution in [2.24, 2.45) is 0 Å². The van der Waals surface area contributed by atoms with Gasteiger partial charge in [-0.05, 0) is 48.9 Å². The van der Waals surface area contributed by atoms with E-state index in [4.69, 9.17) is 11.6 Å². The fourth-order valence-corrected chi connectivity index (χ4v) is 5.31. The first-order valence-corrected chi connectivity index (χ1v) is 11.8. The maximum absolute atomic E-state index is 6.38. The summed E-state index contributed by atoms with van der Waals surface area (Å²) in [6.45, 7) is 7.62. The highest BCUT2D eigenvalue weighted by Crippen LogP contribution is 2.46. The molecule has 3 nitrogen and oxygen atoms in total. The number of benzene rings is 3. The Morgan fingerprint density at radius 3 is 2.42 bits per heavy atom. The minimum absolute atomic E-state index is 0.0456. The highest BCUT2D eigenvalue weighted by molar-refractivity contribution is 6.31. The lowest BCUT2D eigenvalue weighted by Gasteiger charge is -2.23. The van der Waals surface area contributed by atoms with Gasteiger partial charge in [-0.2, -0.15) is 4.57 Å². The summed E-state index contributed by atoms with van der Waals surface area (Å²) in [4.78, 5) is 2.31. The van der Waals surface area contributed by atoms with Gasteiger partial charge in [-0.1, -0.05) is 67.9 Å². The maximum Gasteiger partial charge on any atom is 0.287 e. The fourth-order valence-electron chi connectivity index (χ4n) is 5.14. The van der Waals surface area contributed by atoms with E-state index < -0.39 is 0 Å². The van der Waals surface area contributed by atoms with Crippen molar-refractivity contribution in [3.8, 4) is 5.69 Å². The van der Waals surface area contributed by atoms with Gasteiger partial charge in [0.15, 0.2) is 11.0 Å². The van der Waals surface area contributed by atoms with Gasteiger partial charge in [0.05, 0.1) is 6.54 Å². The lowest BCUT2D eigenvalue weighted by molar-refractivity contribution is -0.670. The molecule has 0 saturated heterocycles. The number of fused-ring (bicyclic) bond motifs is 2. The monoisotopic (exact) mass is 454 g/mol. The van der Waals surface area contributed by atoms with Gasteiger partial charge in [-0.3, -0.25) is 0 Å². The number of hydrogen-bond acceptors (Lipinski definition) is 1. The summed E-state index contributed by atoms with van der Waals surface area (Å²) < 4.78 is 4.63. The average Bonchev–Trinajstić information content (AvgIpc) is 3.23. The van der Waals surface area contributed by atoms with E-state index in [2.05, 4.69) is 127 Å². The molecule has 0 bridgehead atoms. The zero-order valence-electron chi connectivity index (χ0n) is 19.6. The maximum atomic E-state index is 6.38. The number of aromatic nitrogens is 2. The Bertz CT molecular complexity index is 1390. The van der Waals surface area contributed by atoms with Crippen LogP contribution in [0.2, 0.25) is 5.02 Å². The van der Waals surface area contributed by atoms with Crippen LogP contribution in [0.1, 0.15) is 32.2 Å². The SMILES string of the molecule is CC[n+]1c(C=CC=C2N(C)c3ccccc3C2(C)C)n(-c2ccccc2)c2ccc(Cl)cc21. The Labute approximate surface area is 200 Å². The number of nitrogens with zero attached hydrogens (tertiary/aromatic N) is 3. The molecule has 0 radical (unpaired) electrons. The third kappa shape index (κ3) is 3.48. The predicted molar refractivity (Wildman–Crippen MR) is 139 cm³/mol. The molecule has 4 aromatic rings. The second-order valence-electron chi connectivity index (χ2n) is 9.02. The van der Waals surface area contributed by atoms with Crippen molar-refractivity contribution in [1.82, 2.24) is 4.57 Å². The molecule has 0 atom stereocenters. The summed E-state index contributed by atoms with van der Waals surface area (Å²) in [5.74, 6) is 1.12. The molecular weight excluding hydrogens is 426 g/mol. The molecule has 1 aliphatic rings. The molecule has 166 valence electrons. The second kappa shape index (κ2) is 8.24. The first kappa shape index (κ1) is 21.5. The molecule has 1 aromatic heterocycles. The van der Waals surface area contributed by atoms with Crippen LogP contribution < -0.4 is 9.47 Å². The van der Waals surface area contributed by atoms with Crippen LogP contribution in [0.3, 0.4) is 0 Å². The summed E-state index contributed by atoms with van der Waals surface area (Å²) in [5.41, 5.74) is 7.29. The van der Waals surface area contributed by atoms with Crippen LogP contribution in [0.25, 0.3) is 22.8 Å². The van der Waals surface area contributed by atoms with Gasteiger partial charge in [0.1, 0.15) is 5.69 Å². The molecule has 3 aromatic carbocycles. The molecule has 2 heterocycles. The topological polar surface area (TPSA) is 12.1 Å². The second-order valence-corrected chi connectivity index (χ2v) is 9.46. The van der Waals surface area contributed by atoms with Crippen LogP contribution in [0, 0.1) is 0 Å². The predicted octanol–water partition coefficient (Wildman–Crippen LogP) is 6.92. The zero-order valence-corrected chi connectivity index (χ0v) is 20.3. The summed E-state index contributed by atoms with van der Waals surface area (Å²) in [7, 11) is 2.16. The molecule has 1 aliphatic heterocycles. The molecule has 4 heteroatoms. The number of allylic oxidation sites excluding steroid dienone is 3. The minimum atomic E-state index is -0.0456. The van der Waals surface area contributed by atoms with E-state index in [9.17, 15) is 0 Å². The van der Waals surface area contributed by atoms with Crippen LogP contribution in [0.4, 0.5) is 5.69 Å². The van der Waals surface area contributed by atoms with Gasteiger partial charge in [-0.15, -0.1) is 0 Å². The molecule has 0 saturated carbocycles. The highest BCUT2D eigenvalue weighted by Gasteiger charge is 2.37. The molecule has 33 heavy (non-hydrogen) atoms. The summed E-state index contributed by atoms with van der Waals surface area (Å²) in [5, 5.41) is 0.750. The number of likely N-dealkylation sites (N-methyl/N-ethyl adjacent to an activating group) is 1. The van der Waals surface area contributed by atoms with Gasteiger partial charge in [0.25, 0.3) is 5.82 Å². The largest absolute Gasteiger partial charge is 0.347 e. The number of hydrogen-bond donors (Lipinski definition) is 0. The first-order valence-electron chi connectivity index (χ1n) is 11.4. The van der Waals surface area contributed by atoms with Crippen LogP contribution in [-0.2, 0) is 12.0 Å². The van der Waals surface area contributed by atoms with E-state index in [1.807, 2.05) is 6.07 Å². The number of para-hydroxylation sites is 2. The Hall–Kier alpha value is -3.30. The molecule has 0 aliphatic carbocycles. The normalized spacial score (nSPS) is 16.3. The molecular formula is C29H29ClN3+. The number of halogens is 1. The first-order chi connectivity index (χ1) is 15.9. The van der Waals surface area contributed by atoms with Gasteiger partial charge < -0.3 is 4.90 Å². The molecule has 0 spiro atoms. The Morgan fingerprint density at radius 2 is 1.70 bits per heavy atom. The van der Waals surface area contributed by atoms with Crippen LogP contribution in [0.5, 0.6) is 0 Å². The highest BCUT2D eigenvalue weighted by atomic mass is 35.5. The number of rotatable bonds is 4. The van der Waals surface area contributed by atoms with Crippen molar-refractivity contribution < 1.29 is 4.57 Å². The van der Waals surface area contributed by atoms with Gasteiger partial charge >= 0.3 is 0 Å². The van der Waals surface area contributed by atoms with Gasteiger partial charge in [-0.25, -0.2) is 4.57 Å². The van der Waals surface area contributed by atoms with Crippen molar-refractivity contribution in [2.45, 2.75) is 32.7 Å². The standard InChI is InChI=1S/C29H29ClN3/c1-5-32-26-20-21(30)18-19-25(26)33(22-12-7-6-8-13-22)28(32)17-11-16-27-29(2,3)23-14-9-10-15-24(23)31(27)4/h6-20H,5H2,1-4H3/q+1. The van der Waals surface area contributed by atoms with E-state index in [0.717, 1.165) is 34.1 Å². The Balaban J connectivity index is 1.66. The Morgan fingerprint density at radius 1 is 0.970 bits per heavy atom. The van der Waals surface area contributed by atoms with E-state index in [0.29, 0.717) is 0 Å². The van der Waals surface area contributed by atoms with E-state index >= 15 is 0 Å². The third-order valence-electron chi connectivity index (χ3n) is 6.75. The van der Waals surface area contributed by atoms with Crippen molar-refractivity contribution >= 4 is 34.4 Å². The quantitative estimate of drug-likeness (QED) is 0.305. The zero-order chi connectivity index (χ0) is 23.2. The molecule has 5 rings (SSSR count). The molecule has 0 N–H and O–H groups in total. The molecule has 0 amide bonds. The van der Waals surface area contributed by atoms with Gasteiger partial charge in [0.2, 0.25) is 0 Å². The summed E-state index contributed by atoms with van der Waals surface area (Å²) in [6.07, 6.45) is 6.64. The summed E-state index contributed by atoms with van der Waals surface area (Å²) in [6, 6.07) is 25.3. The van der Waals surface area contributed by atoms with Crippen LogP contribution >= 0.6 is 11.6 Å². The third-order valence-corrected chi connectivity index (χ3v) is 6.98. The van der Waals surface area contributed by atoms with Crippen molar-refractivity contribution in [3.63, 3.8) is 0 Å². The smallest absolute Gasteiger partial charge is 0.287 e.